The summed E-state index contributed by atoms with van der Waals surface area (Å²) in [5.41, 5.74) is 0. The number of methoxy groups -OCH3 is 1. The molecule has 1 N–H and O–H groups in total. The van der Waals surface area contributed by atoms with Gasteiger partial charge in [-0.15, -0.1) is 0 Å². The van der Waals surface area contributed by atoms with Crippen molar-refractivity contribution in [2.75, 3.05) is 13.7 Å². The highest BCUT2D eigenvalue weighted by atomic mass is 16.5. The lowest BCUT2D eigenvalue weighted by molar-refractivity contribution is 0.0889. The van der Waals surface area contributed by atoms with E-state index in [4.69, 9.17) is 4.74 Å². The maximum atomic E-state index is 9.56. The van der Waals surface area contributed by atoms with Crippen molar-refractivity contribution in [1.29, 1.82) is 0 Å². The van der Waals surface area contributed by atoms with Crippen molar-refractivity contribution in [2.24, 2.45) is 11.8 Å². The molecule has 0 aliphatic carbocycles. The van der Waals surface area contributed by atoms with Crippen molar-refractivity contribution < 1.29 is 9.84 Å². The summed E-state index contributed by atoms with van der Waals surface area (Å²) < 4.78 is 5.00. The third-order valence-corrected chi connectivity index (χ3v) is 1.87. The summed E-state index contributed by atoms with van der Waals surface area (Å²) in [5.74, 6) is 1.04. The number of aliphatic hydroxyl groups is 1. The third-order valence-electron chi connectivity index (χ3n) is 1.87. The van der Waals surface area contributed by atoms with E-state index in [-0.39, 0.29) is 6.10 Å². The first-order valence-electron chi connectivity index (χ1n) is 4.73. The fourth-order valence-corrected chi connectivity index (χ4v) is 1.46. The van der Waals surface area contributed by atoms with Crippen LogP contribution >= 0.6 is 0 Å². The van der Waals surface area contributed by atoms with Gasteiger partial charge in [0.1, 0.15) is 0 Å². The van der Waals surface area contributed by atoms with Crippen LogP contribution in [0, 0.1) is 11.8 Å². The second-order valence-electron chi connectivity index (χ2n) is 4.08. The molecule has 0 amide bonds. The average Bonchev–Trinajstić information content (AvgIpc) is 1.84. The minimum absolute atomic E-state index is 0.157. The van der Waals surface area contributed by atoms with Crippen molar-refractivity contribution in [3.8, 4) is 0 Å². The molecule has 0 rings (SSSR count). The number of hydrogen-bond acceptors (Lipinski definition) is 2. The Morgan fingerprint density at radius 3 is 2.17 bits per heavy atom. The summed E-state index contributed by atoms with van der Waals surface area (Å²) in [4.78, 5) is 0. The van der Waals surface area contributed by atoms with Gasteiger partial charge >= 0.3 is 0 Å². The van der Waals surface area contributed by atoms with E-state index in [9.17, 15) is 5.11 Å². The standard InChI is InChI=1S/C10H22O2/c1-8(2)5-10(11)6-9(3)7-12-4/h8-11H,5-7H2,1-4H3. The minimum atomic E-state index is -0.157. The van der Waals surface area contributed by atoms with Crippen LogP contribution in [0.5, 0.6) is 0 Å². The molecule has 2 atom stereocenters. The molecule has 0 aliphatic heterocycles. The fourth-order valence-electron chi connectivity index (χ4n) is 1.46. The normalized spacial score (nSPS) is 16.5. The number of rotatable bonds is 6. The summed E-state index contributed by atoms with van der Waals surface area (Å²) in [6.45, 7) is 7.11. The lowest BCUT2D eigenvalue weighted by Crippen LogP contribution is -2.16. The van der Waals surface area contributed by atoms with Gasteiger partial charge in [0.05, 0.1) is 6.10 Å². The smallest absolute Gasteiger partial charge is 0.0546 e. The van der Waals surface area contributed by atoms with E-state index in [1.807, 2.05) is 0 Å². The van der Waals surface area contributed by atoms with Crippen molar-refractivity contribution in [1.82, 2.24) is 0 Å². The Kier molecular flexibility index (Phi) is 6.39. The lowest BCUT2D eigenvalue weighted by Gasteiger charge is -2.17. The van der Waals surface area contributed by atoms with Gasteiger partial charge in [0.2, 0.25) is 0 Å². The zero-order chi connectivity index (χ0) is 9.56. The van der Waals surface area contributed by atoms with Crippen LogP contribution in [0.2, 0.25) is 0 Å². The van der Waals surface area contributed by atoms with Gasteiger partial charge in [-0.25, -0.2) is 0 Å². The first kappa shape index (κ1) is 11.9. The highest BCUT2D eigenvalue weighted by Crippen LogP contribution is 2.13. The molecule has 12 heavy (non-hydrogen) atoms. The first-order valence-corrected chi connectivity index (χ1v) is 4.73. The van der Waals surface area contributed by atoms with Crippen molar-refractivity contribution in [3.05, 3.63) is 0 Å². The summed E-state index contributed by atoms with van der Waals surface area (Å²) in [6.07, 6.45) is 1.59. The van der Waals surface area contributed by atoms with Gasteiger partial charge in [0.15, 0.2) is 0 Å². The maximum absolute atomic E-state index is 9.56. The van der Waals surface area contributed by atoms with Gasteiger partial charge < -0.3 is 9.84 Å². The van der Waals surface area contributed by atoms with Crippen LogP contribution in [0.1, 0.15) is 33.6 Å². The van der Waals surface area contributed by atoms with Crippen LogP contribution in [-0.2, 0) is 4.74 Å². The largest absolute Gasteiger partial charge is 0.393 e. The minimum Gasteiger partial charge on any atom is -0.393 e. The molecule has 74 valence electrons. The van der Waals surface area contributed by atoms with Crippen LogP contribution in [0.4, 0.5) is 0 Å². The topological polar surface area (TPSA) is 29.5 Å². The van der Waals surface area contributed by atoms with Crippen LogP contribution in [-0.4, -0.2) is 24.9 Å². The lowest BCUT2D eigenvalue weighted by atomic mass is 9.97. The Bertz CT molecular complexity index is 102. The van der Waals surface area contributed by atoms with E-state index in [1.165, 1.54) is 0 Å². The van der Waals surface area contributed by atoms with Crippen LogP contribution in [0.25, 0.3) is 0 Å². The van der Waals surface area contributed by atoms with E-state index < -0.39 is 0 Å². The second kappa shape index (κ2) is 6.44. The molecule has 0 saturated heterocycles. The molecule has 2 unspecified atom stereocenters. The van der Waals surface area contributed by atoms with Crippen molar-refractivity contribution in [3.63, 3.8) is 0 Å². The zero-order valence-electron chi connectivity index (χ0n) is 8.71. The second-order valence-corrected chi connectivity index (χ2v) is 4.08. The van der Waals surface area contributed by atoms with Gasteiger partial charge in [-0.2, -0.15) is 0 Å². The fraction of sp³-hybridized carbons (Fsp3) is 1.00. The maximum Gasteiger partial charge on any atom is 0.0546 e. The van der Waals surface area contributed by atoms with Gasteiger partial charge in [0, 0.05) is 13.7 Å². The summed E-state index contributed by atoms with van der Waals surface area (Å²) >= 11 is 0. The van der Waals surface area contributed by atoms with Crippen LogP contribution < -0.4 is 0 Å². The van der Waals surface area contributed by atoms with E-state index in [2.05, 4.69) is 20.8 Å². The van der Waals surface area contributed by atoms with Gasteiger partial charge in [-0.05, 0) is 24.7 Å². The molecule has 0 aromatic rings. The molecule has 2 nitrogen and oxygen atoms in total. The Balaban J connectivity index is 3.46. The molecule has 0 aliphatic rings. The zero-order valence-corrected chi connectivity index (χ0v) is 8.71. The van der Waals surface area contributed by atoms with E-state index in [0.29, 0.717) is 11.8 Å². The average molecular weight is 174 g/mol. The molecule has 0 aromatic carbocycles. The summed E-state index contributed by atoms with van der Waals surface area (Å²) in [5, 5.41) is 9.56. The molecule has 0 heterocycles. The SMILES string of the molecule is COCC(C)CC(O)CC(C)C. The Labute approximate surface area is 75.9 Å². The van der Waals surface area contributed by atoms with Gasteiger partial charge in [0.25, 0.3) is 0 Å². The van der Waals surface area contributed by atoms with E-state index in [1.54, 1.807) is 7.11 Å². The molecule has 0 saturated carbocycles. The quantitative estimate of drug-likeness (QED) is 0.668. The van der Waals surface area contributed by atoms with Crippen molar-refractivity contribution in [2.45, 2.75) is 39.7 Å². The predicted molar refractivity (Wildman–Crippen MR) is 51.1 cm³/mol. The summed E-state index contributed by atoms with van der Waals surface area (Å²) in [6, 6.07) is 0. The number of hydrogen-bond donors (Lipinski definition) is 1. The van der Waals surface area contributed by atoms with E-state index >= 15 is 0 Å². The number of ether oxygens (including phenoxy) is 1. The Morgan fingerprint density at radius 1 is 1.17 bits per heavy atom. The molecule has 0 spiro atoms. The Morgan fingerprint density at radius 2 is 1.75 bits per heavy atom. The highest BCUT2D eigenvalue weighted by molar-refractivity contribution is 4.62. The number of aliphatic hydroxyl groups excluding tert-OH is 1. The Hall–Kier alpha value is -0.0800. The molecule has 0 bridgehead atoms. The third kappa shape index (κ3) is 6.62. The van der Waals surface area contributed by atoms with Crippen LogP contribution in [0.3, 0.4) is 0 Å². The van der Waals surface area contributed by atoms with Gasteiger partial charge in [-0.3, -0.25) is 0 Å². The molecule has 2 heteroatoms. The monoisotopic (exact) mass is 174 g/mol. The highest BCUT2D eigenvalue weighted by Gasteiger charge is 2.11. The van der Waals surface area contributed by atoms with Crippen molar-refractivity contribution >= 4 is 0 Å². The van der Waals surface area contributed by atoms with Gasteiger partial charge in [-0.1, -0.05) is 20.8 Å². The van der Waals surface area contributed by atoms with Crippen LogP contribution in [0.15, 0.2) is 0 Å². The molecular weight excluding hydrogens is 152 g/mol. The summed E-state index contributed by atoms with van der Waals surface area (Å²) in [7, 11) is 1.70. The van der Waals surface area contributed by atoms with E-state index in [0.717, 1.165) is 19.4 Å². The first-order chi connectivity index (χ1) is 5.56. The molecule has 0 fully saturated rings. The predicted octanol–water partition coefficient (Wildman–Crippen LogP) is 2.07. The molecule has 0 radical (unpaired) electrons. The molecule has 0 aromatic heterocycles. The molecular formula is C10H22O2.